The van der Waals surface area contributed by atoms with Crippen LogP contribution in [-0.4, -0.2) is 35.8 Å². The fourth-order valence-corrected chi connectivity index (χ4v) is 3.64. The Morgan fingerprint density at radius 3 is 2.21 bits per heavy atom. The van der Waals surface area contributed by atoms with E-state index in [1.165, 1.54) is 14.0 Å². The van der Waals surface area contributed by atoms with Gasteiger partial charge in [-0.05, 0) is 19.1 Å². The van der Waals surface area contributed by atoms with Crippen molar-refractivity contribution in [2.75, 3.05) is 6.26 Å². The van der Waals surface area contributed by atoms with Gasteiger partial charge in [0.15, 0.2) is 16.1 Å². The number of carbonyl (C=O) groups excluding carboxylic acids is 1. The molecular formula is C14H13F3N2O4S. The van der Waals surface area contributed by atoms with Gasteiger partial charge in [0.05, 0.1) is 21.7 Å². The maximum Gasteiger partial charge on any atom is 0.417 e. The molecule has 0 saturated carbocycles. The molecule has 6 nitrogen and oxygen atoms in total. The molecular weight excluding hydrogens is 349 g/mol. The molecule has 2 aromatic rings. The zero-order chi connectivity index (χ0) is 18.4. The molecule has 0 amide bonds. The molecule has 0 unspecified atom stereocenters. The highest BCUT2D eigenvalue weighted by Gasteiger charge is 2.39. The fourth-order valence-electron chi connectivity index (χ4n) is 2.51. The first-order chi connectivity index (χ1) is 10.9. The van der Waals surface area contributed by atoms with Gasteiger partial charge in [0.2, 0.25) is 5.88 Å². The van der Waals surface area contributed by atoms with Gasteiger partial charge in [-0.2, -0.15) is 18.3 Å². The molecule has 130 valence electrons. The number of rotatable bonds is 3. The smallest absolute Gasteiger partial charge is 0.417 e. The minimum absolute atomic E-state index is 0.00607. The molecule has 0 saturated heterocycles. The van der Waals surface area contributed by atoms with Crippen molar-refractivity contribution in [3.8, 4) is 17.0 Å². The topological polar surface area (TPSA) is 89.3 Å². The van der Waals surface area contributed by atoms with Crippen molar-refractivity contribution < 1.29 is 31.5 Å². The monoisotopic (exact) mass is 362 g/mol. The second-order valence-corrected chi connectivity index (χ2v) is 7.15. The lowest BCUT2D eigenvalue weighted by molar-refractivity contribution is -0.137. The number of aromatic nitrogens is 2. The van der Waals surface area contributed by atoms with Crippen molar-refractivity contribution in [2.24, 2.45) is 7.05 Å². The summed E-state index contributed by atoms with van der Waals surface area (Å²) in [5, 5.41) is 13.9. The van der Waals surface area contributed by atoms with E-state index in [1.54, 1.807) is 0 Å². The van der Waals surface area contributed by atoms with Gasteiger partial charge in [0, 0.05) is 24.4 Å². The molecule has 1 aromatic heterocycles. The van der Waals surface area contributed by atoms with Crippen molar-refractivity contribution in [3.63, 3.8) is 0 Å². The number of aldehydes is 1. The van der Waals surface area contributed by atoms with Crippen LogP contribution in [0.5, 0.6) is 5.88 Å². The Bertz CT molecular complexity index is 930. The number of hydrogen-bond donors (Lipinski definition) is 1. The minimum atomic E-state index is -4.90. The zero-order valence-corrected chi connectivity index (χ0v) is 13.7. The highest BCUT2D eigenvalue weighted by atomic mass is 32.2. The van der Waals surface area contributed by atoms with Crippen LogP contribution in [0.2, 0.25) is 0 Å². The van der Waals surface area contributed by atoms with Crippen molar-refractivity contribution >= 4 is 16.1 Å². The minimum Gasteiger partial charge on any atom is -0.493 e. The standard InChI is InChI=1S/C14H13F3N2O4S/c1-7-10(13(21)19(2)18-7)11-9(14(15,16)17)5-4-8(6-20)12(11)24(3,22)23/h4-6,21H,1-3H3. The second-order valence-electron chi connectivity index (χ2n) is 5.20. The highest BCUT2D eigenvalue weighted by Crippen LogP contribution is 2.45. The molecule has 24 heavy (non-hydrogen) atoms. The highest BCUT2D eigenvalue weighted by molar-refractivity contribution is 7.91. The molecule has 0 fully saturated rings. The van der Waals surface area contributed by atoms with E-state index >= 15 is 0 Å². The number of sulfone groups is 1. The van der Waals surface area contributed by atoms with Crippen molar-refractivity contribution in [3.05, 3.63) is 29.0 Å². The lowest BCUT2D eigenvalue weighted by Gasteiger charge is -2.17. The average Bonchev–Trinajstić information content (AvgIpc) is 2.68. The van der Waals surface area contributed by atoms with Crippen LogP contribution in [0.25, 0.3) is 11.1 Å². The summed E-state index contributed by atoms with van der Waals surface area (Å²) in [6.45, 7) is 1.33. The van der Waals surface area contributed by atoms with E-state index in [0.717, 1.165) is 10.7 Å². The van der Waals surface area contributed by atoms with E-state index in [-0.39, 0.29) is 17.5 Å². The van der Waals surface area contributed by atoms with Gasteiger partial charge < -0.3 is 5.11 Å². The Morgan fingerprint density at radius 2 is 1.83 bits per heavy atom. The Morgan fingerprint density at radius 1 is 1.25 bits per heavy atom. The summed E-state index contributed by atoms with van der Waals surface area (Å²) in [5.41, 5.74) is -2.87. The Kier molecular flexibility index (Phi) is 4.21. The van der Waals surface area contributed by atoms with Gasteiger partial charge in [0.25, 0.3) is 0 Å². The number of aromatic hydroxyl groups is 1. The molecule has 0 bridgehead atoms. The van der Waals surface area contributed by atoms with E-state index in [0.29, 0.717) is 12.3 Å². The number of nitrogens with zero attached hydrogens (tertiary/aromatic N) is 2. The molecule has 0 aliphatic carbocycles. The first kappa shape index (κ1) is 18.0. The third-order valence-electron chi connectivity index (χ3n) is 3.43. The van der Waals surface area contributed by atoms with Gasteiger partial charge in [-0.3, -0.25) is 4.79 Å². The van der Waals surface area contributed by atoms with Crippen LogP contribution in [0.1, 0.15) is 21.6 Å². The third-order valence-corrected chi connectivity index (χ3v) is 4.61. The molecule has 1 aromatic carbocycles. The van der Waals surface area contributed by atoms with E-state index < -0.39 is 43.5 Å². The molecule has 2 rings (SSSR count). The Hall–Kier alpha value is -2.36. The number of aryl methyl sites for hydroxylation is 2. The van der Waals surface area contributed by atoms with Crippen molar-refractivity contribution in [1.82, 2.24) is 9.78 Å². The molecule has 0 spiro atoms. The molecule has 0 aliphatic rings. The molecule has 0 radical (unpaired) electrons. The van der Waals surface area contributed by atoms with Gasteiger partial charge in [0.1, 0.15) is 0 Å². The molecule has 0 aliphatic heterocycles. The summed E-state index contributed by atoms with van der Waals surface area (Å²) in [6.07, 6.45) is -4.05. The maximum absolute atomic E-state index is 13.4. The Labute approximate surface area is 135 Å². The number of benzene rings is 1. The quantitative estimate of drug-likeness (QED) is 0.847. The molecule has 1 heterocycles. The van der Waals surface area contributed by atoms with Crippen LogP contribution in [0.4, 0.5) is 13.2 Å². The largest absolute Gasteiger partial charge is 0.493 e. The van der Waals surface area contributed by atoms with Crippen LogP contribution in [-0.2, 0) is 23.1 Å². The molecule has 10 heteroatoms. The number of carbonyl (C=O) groups is 1. The van der Waals surface area contributed by atoms with Gasteiger partial charge in [-0.1, -0.05) is 0 Å². The first-order valence-electron chi connectivity index (χ1n) is 6.52. The summed E-state index contributed by atoms with van der Waals surface area (Å²) in [6, 6.07) is 1.40. The predicted molar refractivity (Wildman–Crippen MR) is 78.5 cm³/mol. The number of halogens is 3. The van der Waals surface area contributed by atoms with E-state index in [9.17, 15) is 31.5 Å². The number of hydrogen-bond acceptors (Lipinski definition) is 5. The Balaban J connectivity index is 3.13. The molecule has 0 atom stereocenters. The summed E-state index contributed by atoms with van der Waals surface area (Å²) in [4.78, 5) is 10.4. The third kappa shape index (κ3) is 2.88. The van der Waals surface area contributed by atoms with Crippen LogP contribution < -0.4 is 0 Å². The summed E-state index contributed by atoms with van der Waals surface area (Å²) < 4.78 is 65.3. The SMILES string of the molecule is Cc1nn(C)c(O)c1-c1c(C(F)(F)F)ccc(C=O)c1S(C)(=O)=O. The summed E-state index contributed by atoms with van der Waals surface area (Å²) in [5.74, 6) is -0.633. The first-order valence-corrected chi connectivity index (χ1v) is 8.41. The van der Waals surface area contributed by atoms with Crippen LogP contribution >= 0.6 is 0 Å². The predicted octanol–water partition coefficient (Wildman–Crippen LogP) is 2.34. The van der Waals surface area contributed by atoms with Gasteiger partial charge >= 0.3 is 6.18 Å². The summed E-state index contributed by atoms with van der Waals surface area (Å²) in [7, 11) is -2.92. The lowest BCUT2D eigenvalue weighted by Crippen LogP contribution is -2.13. The zero-order valence-electron chi connectivity index (χ0n) is 12.8. The molecule has 1 N–H and O–H groups in total. The van der Waals surface area contributed by atoms with E-state index in [4.69, 9.17) is 0 Å². The van der Waals surface area contributed by atoms with Gasteiger partial charge in [-0.25, -0.2) is 13.1 Å². The number of alkyl halides is 3. The van der Waals surface area contributed by atoms with Crippen LogP contribution in [0.3, 0.4) is 0 Å². The second kappa shape index (κ2) is 5.62. The van der Waals surface area contributed by atoms with E-state index in [2.05, 4.69) is 5.10 Å². The maximum atomic E-state index is 13.4. The normalized spacial score (nSPS) is 12.4. The van der Waals surface area contributed by atoms with Crippen LogP contribution in [0, 0.1) is 6.92 Å². The van der Waals surface area contributed by atoms with E-state index in [1.807, 2.05) is 0 Å². The summed E-state index contributed by atoms with van der Waals surface area (Å²) >= 11 is 0. The lowest BCUT2D eigenvalue weighted by atomic mass is 9.97. The average molecular weight is 362 g/mol. The fraction of sp³-hybridized carbons (Fsp3) is 0.286. The van der Waals surface area contributed by atoms with Gasteiger partial charge in [-0.15, -0.1) is 0 Å². The van der Waals surface area contributed by atoms with Crippen LogP contribution in [0.15, 0.2) is 17.0 Å². The van der Waals surface area contributed by atoms with Crippen molar-refractivity contribution in [1.29, 1.82) is 0 Å². The van der Waals surface area contributed by atoms with Crippen molar-refractivity contribution in [2.45, 2.75) is 18.0 Å².